The van der Waals surface area contributed by atoms with Crippen molar-refractivity contribution in [2.24, 2.45) is 5.10 Å². The van der Waals surface area contributed by atoms with E-state index in [1.54, 1.807) is 48.5 Å². The maximum absolute atomic E-state index is 12.2. The van der Waals surface area contributed by atoms with Crippen molar-refractivity contribution >= 4 is 46.9 Å². The minimum Gasteiger partial charge on any atom is -0.497 e. The largest absolute Gasteiger partial charge is 0.497 e. The lowest BCUT2D eigenvalue weighted by Gasteiger charge is -2.11. The third kappa shape index (κ3) is 6.47. The fraction of sp³-hybridized carbons (Fsp3) is 0.0870. The molecular formula is C23H19Cl2N3O4. The first kappa shape index (κ1) is 23.1. The molecule has 0 aliphatic rings. The zero-order chi connectivity index (χ0) is 22.9. The number of benzene rings is 3. The number of hydrazone groups is 1. The van der Waals surface area contributed by atoms with Crippen LogP contribution in [0.2, 0.25) is 10.0 Å². The Balaban J connectivity index is 1.58. The van der Waals surface area contributed by atoms with Crippen molar-refractivity contribution in [2.75, 3.05) is 19.0 Å². The number of methoxy groups -OCH3 is 1. The number of ether oxygens (including phenoxy) is 2. The number of carbonyl (C=O) groups is 2. The van der Waals surface area contributed by atoms with Crippen molar-refractivity contribution < 1.29 is 19.1 Å². The average Bonchev–Trinajstić information content (AvgIpc) is 2.79. The highest BCUT2D eigenvalue weighted by atomic mass is 35.5. The molecule has 3 rings (SSSR count). The molecule has 0 bridgehead atoms. The molecule has 3 aromatic rings. The van der Waals surface area contributed by atoms with Gasteiger partial charge in [-0.05, 0) is 48.0 Å². The second kappa shape index (κ2) is 11.2. The molecule has 0 saturated heterocycles. The maximum Gasteiger partial charge on any atom is 0.271 e. The molecule has 0 heterocycles. The van der Waals surface area contributed by atoms with E-state index < -0.39 is 5.91 Å². The standard InChI is InChI=1S/C23H19Cl2N3O4/c1-31-18-9-5-6-16(12-18)23(30)28-26-13-15-10-19(24)22(20(25)11-15)32-14-21(29)27-17-7-3-2-4-8-17/h2-13H,14H2,1H3,(H,27,29)(H,28,30)/b26-13+. The number of anilines is 1. The van der Waals surface area contributed by atoms with E-state index in [4.69, 9.17) is 32.7 Å². The molecule has 0 aromatic heterocycles. The lowest BCUT2D eigenvalue weighted by molar-refractivity contribution is -0.118. The number of carbonyl (C=O) groups excluding carboxylic acids is 2. The lowest BCUT2D eigenvalue weighted by atomic mass is 10.2. The Morgan fingerprint density at radius 3 is 2.41 bits per heavy atom. The van der Waals surface area contributed by atoms with Gasteiger partial charge in [-0.1, -0.05) is 47.5 Å². The van der Waals surface area contributed by atoms with E-state index in [9.17, 15) is 9.59 Å². The molecule has 164 valence electrons. The molecule has 0 saturated carbocycles. The fourth-order valence-corrected chi connectivity index (χ4v) is 3.26. The van der Waals surface area contributed by atoms with Crippen molar-refractivity contribution in [3.63, 3.8) is 0 Å². The van der Waals surface area contributed by atoms with Gasteiger partial charge in [-0.25, -0.2) is 5.43 Å². The van der Waals surface area contributed by atoms with Gasteiger partial charge >= 0.3 is 0 Å². The van der Waals surface area contributed by atoms with Crippen LogP contribution >= 0.6 is 23.2 Å². The molecule has 0 unspecified atom stereocenters. The van der Waals surface area contributed by atoms with Crippen LogP contribution in [0.1, 0.15) is 15.9 Å². The highest BCUT2D eigenvalue weighted by molar-refractivity contribution is 6.37. The summed E-state index contributed by atoms with van der Waals surface area (Å²) in [4.78, 5) is 24.2. The van der Waals surface area contributed by atoms with Gasteiger partial charge in [-0.15, -0.1) is 0 Å². The van der Waals surface area contributed by atoms with E-state index in [2.05, 4.69) is 15.8 Å². The Hall–Kier alpha value is -3.55. The molecule has 7 nitrogen and oxygen atoms in total. The third-order valence-corrected chi connectivity index (χ3v) is 4.70. The van der Waals surface area contributed by atoms with Crippen LogP contribution in [-0.4, -0.2) is 31.7 Å². The predicted octanol–water partition coefficient (Wildman–Crippen LogP) is 4.78. The van der Waals surface area contributed by atoms with Crippen LogP contribution in [0.25, 0.3) is 0 Å². The minimum atomic E-state index is -0.401. The monoisotopic (exact) mass is 471 g/mol. The van der Waals surface area contributed by atoms with Gasteiger partial charge in [0.2, 0.25) is 0 Å². The van der Waals surface area contributed by atoms with Crippen molar-refractivity contribution in [3.8, 4) is 11.5 Å². The van der Waals surface area contributed by atoms with Crippen molar-refractivity contribution in [1.82, 2.24) is 5.43 Å². The number of rotatable bonds is 8. The Kier molecular flexibility index (Phi) is 8.08. The molecule has 0 spiro atoms. The smallest absolute Gasteiger partial charge is 0.271 e. The van der Waals surface area contributed by atoms with Crippen LogP contribution in [0, 0.1) is 0 Å². The molecular weight excluding hydrogens is 453 g/mol. The van der Waals surface area contributed by atoms with E-state index in [0.29, 0.717) is 22.6 Å². The SMILES string of the molecule is COc1cccc(C(=O)N/N=C/c2cc(Cl)c(OCC(=O)Nc3ccccc3)c(Cl)c2)c1. The van der Waals surface area contributed by atoms with Crippen molar-refractivity contribution in [1.29, 1.82) is 0 Å². The molecule has 0 aliphatic heterocycles. The number of hydrogen-bond acceptors (Lipinski definition) is 5. The van der Waals surface area contributed by atoms with Crippen LogP contribution in [0.3, 0.4) is 0 Å². The van der Waals surface area contributed by atoms with Gasteiger partial charge < -0.3 is 14.8 Å². The first-order valence-electron chi connectivity index (χ1n) is 9.40. The van der Waals surface area contributed by atoms with Crippen LogP contribution in [0.15, 0.2) is 71.8 Å². The lowest BCUT2D eigenvalue weighted by Crippen LogP contribution is -2.20. The first-order valence-corrected chi connectivity index (χ1v) is 10.2. The predicted molar refractivity (Wildman–Crippen MR) is 125 cm³/mol. The summed E-state index contributed by atoms with van der Waals surface area (Å²) < 4.78 is 10.6. The summed E-state index contributed by atoms with van der Waals surface area (Å²) in [5, 5.41) is 7.02. The Labute approximate surface area is 194 Å². The molecule has 0 fully saturated rings. The summed E-state index contributed by atoms with van der Waals surface area (Å²) in [5.74, 6) is -0.0155. The summed E-state index contributed by atoms with van der Waals surface area (Å²) in [5.41, 5.74) is 4.01. The number of para-hydroxylation sites is 1. The summed E-state index contributed by atoms with van der Waals surface area (Å²) >= 11 is 12.5. The van der Waals surface area contributed by atoms with Crippen molar-refractivity contribution in [2.45, 2.75) is 0 Å². The van der Waals surface area contributed by atoms with E-state index in [0.717, 1.165) is 0 Å². The first-order chi connectivity index (χ1) is 15.5. The van der Waals surface area contributed by atoms with Gasteiger partial charge in [0.1, 0.15) is 5.75 Å². The van der Waals surface area contributed by atoms with Crippen LogP contribution in [-0.2, 0) is 4.79 Å². The Morgan fingerprint density at radius 2 is 1.72 bits per heavy atom. The quantitative estimate of drug-likeness (QED) is 0.365. The highest BCUT2D eigenvalue weighted by Gasteiger charge is 2.12. The van der Waals surface area contributed by atoms with Gasteiger partial charge in [0, 0.05) is 11.3 Å². The molecule has 3 aromatic carbocycles. The number of hydrogen-bond donors (Lipinski definition) is 2. The summed E-state index contributed by atoms with van der Waals surface area (Å²) in [7, 11) is 1.52. The molecule has 0 atom stereocenters. The summed E-state index contributed by atoms with van der Waals surface area (Å²) in [6.07, 6.45) is 1.39. The highest BCUT2D eigenvalue weighted by Crippen LogP contribution is 2.33. The molecule has 0 radical (unpaired) electrons. The van der Waals surface area contributed by atoms with Crippen LogP contribution < -0.4 is 20.2 Å². The maximum atomic E-state index is 12.2. The van der Waals surface area contributed by atoms with E-state index >= 15 is 0 Å². The Morgan fingerprint density at radius 1 is 1.00 bits per heavy atom. The number of halogens is 2. The van der Waals surface area contributed by atoms with E-state index in [-0.39, 0.29) is 28.3 Å². The minimum absolute atomic E-state index is 0.175. The van der Waals surface area contributed by atoms with Gasteiger partial charge in [0.05, 0.1) is 23.4 Å². The van der Waals surface area contributed by atoms with Gasteiger partial charge in [0.15, 0.2) is 12.4 Å². The Bertz CT molecular complexity index is 1110. The fourth-order valence-electron chi connectivity index (χ4n) is 2.64. The van der Waals surface area contributed by atoms with Crippen LogP contribution in [0.5, 0.6) is 11.5 Å². The van der Waals surface area contributed by atoms with E-state index in [1.165, 1.54) is 13.3 Å². The normalized spacial score (nSPS) is 10.6. The molecule has 9 heteroatoms. The third-order valence-electron chi connectivity index (χ3n) is 4.14. The second-order valence-electron chi connectivity index (χ2n) is 6.45. The van der Waals surface area contributed by atoms with Gasteiger partial charge in [-0.3, -0.25) is 9.59 Å². The molecule has 0 aliphatic carbocycles. The summed E-state index contributed by atoms with van der Waals surface area (Å²) in [6, 6.07) is 18.8. The topological polar surface area (TPSA) is 89.0 Å². The zero-order valence-electron chi connectivity index (χ0n) is 17.0. The van der Waals surface area contributed by atoms with Crippen molar-refractivity contribution in [3.05, 3.63) is 87.9 Å². The molecule has 32 heavy (non-hydrogen) atoms. The zero-order valence-corrected chi connectivity index (χ0v) is 18.5. The van der Waals surface area contributed by atoms with Gasteiger partial charge in [0.25, 0.3) is 11.8 Å². The van der Waals surface area contributed by atoms with E-state index in [1.807, 2.05) is 18.2 Å². The van der Waals surface area contributed by atoms with Gasteiger partial charge in [-0.2, -0.15) is 5.10 Å². The molecule has 2 amide bonds. The van der Waals surface area contributed by atoms with Crippen LogP contribution in [0.4, 0.5) is 5.69 Å². The average molecular weight is 472 g/mol. The number of amides is 2. The second-order valence-corrected chi connectivity index (χ2v) is 7.26. The summed E-state index contributed by atoms with van der Waals surface area (Å²) in [6.45, 7) is -0.266. The number of nitrogens with zero attached hydrogens (tertiary/aromatic N) is 1. The number of nitrogens with one attached hydrogen (secondary N) is 2. The molecule has 2 N–H and O–H groups in total.